The van der Waals surface area contributed by atoms with Crippen LogP contribution in [0.3, 0.4) is 0 Å². The lowest BCUT2D eigenvalue weighted by atomic mass is 10.1. The van der Waals surface area contributed by atoms with E-state index in [1.54, 1.807) is 17.9 Å². The minimum absolute atomic E-state index is 0.0483. The number of sulfonamides is 1. The number of nitrogens with one attached hydrogen (secondary N) is 1. The van der Waals surface area contributed by atoms with E-state index in [1.165, 1.54) is 12.1 Å². The van der Waals surface area contributed by atoms with E-state index >= 15 is 0 Å². The van der Waals surface area contributed by atoms with Crippen molar-refractivity contribution in [2.75, 3.05) is 30.2 Å². The summed E-state index contributed by atoms with van der Waals surface area (Å²) in [5.41, 5.74) is 1.32. The summed E-state index contributed by atoms with van der Waals surface area (Å²) < 4.78 is 26.0. The number of amides is 2. The first kappa shape index (κ1) is 28.0. The van der Waals surface area contributed by atoms with Crippen molar-refractivity contribution in [2.45, 2.75) is 39.2 Å². The van der Waals surface area contributed by atoms with E-state index in [2.05, 4.69) is 5.32 Å². The van der Waals surface area contributed by atoms with Crippen LogP contribution in [0.5, 0.6) is 0 Å². The molecule has 0 saturated carbocycles. The number of likely N-dealkylation sites (N-methyl/N-ethyl adjacent to an activating group) is 1. The van der Waals surface area contributed by atoms with Gasteiger partial charge in [-0.05, 0) is 50.5 Å². The molecule has 10 heteroatoms. The zero-order chi connectivity index (χ0) is 25.3. The molecule has 0 aromatic heterocycles. The number of benzene rings is 2. The molecule has 0 radical (unpaired) electrons. The number of hydrogen-bond donors (Lipinski definition) is 1. The summed E-state index contributed by atoms with van der Waals surface area (Å²) >= 11 is 12.2. The molecule has 2 amide bonds. The Morgan fingerprint density at radius 3 is 2.35 bits per heavy atom. The van der Waals surface area contributed by atoms with Gasteiger partial charge in [0.15, 0.2) is 0 Å². The van der Waals surface area contributed by atoms with Crippen molar-refractivity contribution in [3.8, 4) is 0 Å². The summed E-state index contributed by atoms with van der Waals surface area (Å²) in [7, 11) is -3.66. The van der Waals surface area contributed by atoms with E-state index in [0.29, 0.717) is 24.5 Å². The van der Waals surface area contributed by atoms with Crippen LogP contribution < -0.4 is 9.62 Å². The molecule has 0 spiro atoms. The van der Waals surface area contributed by atoms with Gasteiger partial charge in [-0.1, -0.05) is 53.5 Å². The molecule has 0 heterocycles. The van der Waals surface area contributed by atoms with Gasteiger partial charge in [-0.15, -0.1) is 0 Å². The highest BCUT2D eigenvalue weighted by Gasteiger charge is 2.26. The van der Waals surface area contributed by atoms with Crippen LogP contribution in [0.15, 0.2) is 48.5 Å². The molecule has 0 saturated heterocycles. The predicted molar refractivity (Wildman–Crippen MR) is 138 cm³/mol. The van der Waals surface area contributed by atoms with Crippen LogP contribution in [0.25, 0.3) is 0 Å². The van der Waals surface area contributed by atoms with Crippen LogP contribution in [-0.4, -0.2) is 57.1 Å². The second-order valence-electron chi connectivity index (χ2n) is 7.93. The quantitative estimate of drug-likeness (QED) is 0.449. The summed E-state index contributed by atoms with van der Waals surface area (Å²) in [5.74, 6) is -0.451. The van der Waals surface area contributed by atoms with E-state index in [4.69, 9.17) is 23.2 Å². The standard InChI is InChI=1S/C24H31Cl2N3O4S/c1-4-27-24(31)18(2)28(16-14-19-9-6-5-7-10-19)23(30)11-8-15-29(34(3,32)33)22-17-20(25)12-13-21(22)26/h5-7,9-10,12-13,17-18H,4,8,11,14-16H2,1-3H3,(H,27,31)/t18-/m0/s1. The van der Waals surface area contributed by atoms with Crippen LogP contribution >= 0.6 is 23.2 Å². The summed E-state index contributed by atoms with van der Waals surface area (Å²) in [6.45, 7) is 4.40. The number of carbonyl (C=O) groups is 2. The molecule has 34 heavy (non-hydrogen) atoms. The van der Waals surface area contributed by atoms with Gasteiger partial charge in [0.1, 0.15) is 6.04 Å². The minimum Gasteiger partial charge on any atom is -0.355 e. The highest BCUT2D eigenvalue weighted by Crippen LogP contribution is 2.31. The van der Waals surface area contributed by atoms with Crippen LogP contribution in [0.1, 0.15) is 32.3 Å². The predicted octanol–water partition coefficient (Wildman–Crippen LogP) is 4.14. The van der Waals surface area contributed by atoms with Gasteiger partial charge in [0, 0.05) is 31.1 Å². The summed E-state index contributed by atoms with van der Waals surface area (Å²) in [5, 5.41) is 3.36. The average Bonchev–Trinajstić information content (AvgIpc) is 2.78. The Morgan fingerprint density at radius 1 is 1.06 bits per heavy atom. The third-order valence-corrected chi connectivity index (χ3v) is 7.07. The first-order valence-corrected chi connectivity index (χ1v) is 13.7. The molecule has 2 rings (SSSR count). The first-order chi connectivity index (χ1) is 16.0. The third kappa shape index (κ3) is 8.18. The lowest BCUT2D eigenvalue weighted by molar-refractivity contribution is -0.139. The van der Waals surface area contributed by atoms with Crippen molar-refractivity contribution < 1.29 is 18.0 Å². The van der Waals surface area contributed by atoms with Gasteiger partial charge >= 0.3 is 0 Å². The van der Waals surface area contributed by atoms with Crippen molar-refractivity contribution >= 4 is 50.7 Å². The molecule has 186 valence electrons. The van der Waals surface area contributed by atoms with E-state index in [0.717, 1.165) is 16.1 Å². The number of carbonyl (C=O) groups excluding carboxylic acids is 2. The van der Waals surface area contributed by atoms with Crippen molar-refractivity contribution in [1.82, 2.24) is 10.2 Å². The van der Waals surface area contributed by atoms with Gasteiger partial charge in [-0.2, -0.15) is 0 Å². The average molecular weight is 529 g/mol. The molecule has 0 aliphatic carbocycles. The Hall–Kier alpha value is -2.29. The highest BCUT2D eigenvalue weighted by molar-refractivity contribution is 7.92. The van der Waals surface area contributed by atoms with E-state index in [9.17, 15) is 18.0 Å². The molecule has 0 bridgehead atoms. The van der Waals surface area contributed by atoms with Gasteiger partial charge in [0.05, 0.1) is 17.0 Å². The Labute approximate surface area is 212 Å². The van der Waals surface area contributed by atoms with Crippen LogP contribution in [0, 0.1) is 0 Å². The Morgan fingerprint density at radius 2 is 1.74 bits per heavy atom. The lowest BCUT2D eigenvalue weighted by Crippen LogP contribution is -2.48. The molecular weight excluding hydrogens is 497 g/mol. The summed E-state index contributed by atoms with van der Waals surface area (Å²) in [6, 6.07) is 13.7. The topological polar surface area (TPSA) is 86.8 Å². The largest absolute Gasteiger partial charge is 0.355 e. The fraction of sp³-hybridized carbons (Fsp3) is 0.417. The highest BCUT2D eigenvalue weighted by atomic mass is 35.5. The van der Waals surface area contributed by atoms with Crippen molar-refractivity contribution in [2.24, 2.45) is 0 Å². The summed E-state index contributed by atoms with van der Waals surface area (Å²) in [4.78, 5) is 27.1. The molecule has 1 N–H and O–H groups in total. The fourth-order valence-electron chi connectivity index (χ4n) is 3.55. The third-order valence-electron chi connectivity index (χ3n) is 5.33. The van der Waals surface area contributed by atoms with E-state index < -0.39 is 16.1 Å². The van der Waals surface area contributed by atoms with Crippen molar-refractivity contribution in [3.05, 3.63) is 64.1 Å². The minimum atomic E-state index is -3.66. The number of halogens is 2. The molecule has 7 nitrogen and oxygen atoms in total. The SMILES string of the molecule is CCNC(=O)[C@H](C)N(CCc1ccccc1)C(=O)CCCN(c1cc(Cl)ccc1Cl)S(C)(=O)=O. The van der Waals surface area contributed by atoms with Crippen molar-refractivity contribution in [1.29, 1.82) is 0 Å². The molecule has 0 aliphatic heterocycles. The van der Waals surface area contributed by atoms with Gasteiger partial charge in [0.25, 0.3) is 0 Å². The molecule has 0 fully saturated rings. The molecule has 1 atom stereocenters. The molecule has 2 aromatic rings. The molecular formula is C24H31Cl2N3O4S. The van der Waals surface area contributed by atoms with E-state index in [1.807, 2.05) is 37.3 Å². The maximum absolute atomic E-state index is 13.1. The Kier molecular flexibility index (Phi) is 10.7. The Balaban J connectivity index is 2.12. The van der Waals surface area contributed by atoms with Crippen LogP contribution in [-0.2, 0) is 26.0 Å². The molecule has 0 aliphatic rings. The van der Waals surface area contributed by atoms with Gasteiger partial charge < -0.3 is 10.2 Å². The van der Waals surface area contributed by atoms with Crippen molar-refractivity contribution in [3.63, 3.8) is 0 Å². The Bertz CT molecular complexity index is 1080. The normalized spacial score (nSPS) is 12.1. The second-order valence-corrected chi connectivity index (χ2v) is 10.7. The zero-order valence-corrected chi connectivity index (χ0v) is 22.0. The van der Waals surface area contributed by atoms with Crippen LogP contribution in [0.4, 0.5) is 5.69 Å². The van der Waals surface area contributed by atoms with E-state index in [-0.39, 0.29) is 41.9 Å². The first-order valence-electron chi connectivity index (χ1n) is 11.1. The van der Waals surface area contributed by atoms with Gasteiger partial charge in [0.2, 0.25) is 21.8 Å². The second kappa shape index (κ2) is 13.0. The fourth-order valence-corrected chi connectivity index (χ4v) is 4.96. The van der Waals surface area contributed by atoms with Gasteiger partial charge in [-0.3, -0.25) is 13.9 Å². The molecule has 0 unspecified atom stereocenters. The van der Waals surface area contributed by atoms with Crippen LogP contribution in [0.2, 0.25) is 10.0 Å². The molecule has 2 aromatic carbocycles. The zero-order valence-electron chi connectivity index (χ0n) is 19.6. The number of rotatable bonds is 12. The lowest BCUT2D eigenvalue weighted by Gasteiger charge is -2.29. The summed E-state index contributed by atoms with van der Waals surface area (Å²) in [6.07, 6.45) is 2.00. The van der Waals surface area contributed by atoms with Gasteiger partial charge in [-0.25, -0.2) is 8.42 Å². The maximum atomic E-state index is 13.1. The monoisotopic (exact) mass is 527 g/mol. The smallest absolute Gasteiger partial charge is 0.242 e. The number of hydrogen-bond acceptors (Lipinski definition) is 4. The number of anilines is 1. The maximum Gasteiger partial charge on any atom is 0.242 e. The number of nitrogens with zero attached hydrogens (tertiary/aromatic N) is 2.